The van der Waals surface area contributed by atoms with E-state index in [1.165, 1.54) is 4.31 Å². The number of nitrogens with two attached hydrogens (primary N) is 1. The van der Waals surface area contributed by atoms with Crippen LogP contribution in [-0.4, -0.2) is 31.1 Å². The van der Waals surface area contributed by atoms with Crippen LogP contribution in [0.1, 0.15) is 12.0 Å². The summed E-state index contributed by atoms with van der Waals surface area (Å²) in [5, 5.41) is 0.547. The van der Waals surface area contributed by atoms with Gasteiger partial charge in [0.25, 0.3) is 0 Å². The fourth-order valence-electron chi connectivity index (χ4n) is 2.02. The molecule has 0 unspecified atom stereocenters. The van der Waals surface area contributed by atoms with Crippen LogP contribution in [0.4, 0.5) is 0 Å². The van der Waals surface area contributed by atoms with Crippen LogP contribution in [0.15, 0.2) is 18.2 Å². The highest BCUT2D eigenvalue weighted by molar-refractivity contribution is 7.90. The first-order valence-electron chi connectivity index (χ1n) is 5.58. The van der Waals surface area contributed by atoms with Gasteiger partial charge >= 0.3 is 0 Å². The van der Waals surface area contributed by atoms with Crippen molar-refractivity contribution in [1.82, 2.24) is 4.31 Å². The monoisotopic (exact) mass is 308 g/mol. The molecule has 7 heteroatoms. The van der Waals surface area contributed by atoms with E-state index in [2.05, 4.69) is 0 Å². The maximum Gasteiger partial charge on any atom is 0.218 e. The number of sulfonamides is 1. The Morgan fingerprint density at radius 1 is 1.39 bits per heavy atom. The molecule has 1 aliphatic rings. The standard InChI is InChI=1S/C11H14Cl2N2O2S/c12-9-2-1-8(11(13)5-9)7-15-4-3-10(6-14)18(15,16)17/h1-2,5,10H,3-4,6-7,14H2/t10-/m0/s1. The summed E-state index contributed by atoms with van der Waals surface area (Å²) in [6.07, 6.45) is 0.573. The van der Waals surface area contributed by atoms with Crippen molar-refractivity contribution in [3.63, 3.8) is 0 Å². The molecule has 1 aliphatic heterocycles. The zero-order valence-electron chi connectivity index (χ0n) is 9.64. The number of benzene rings is 1. The van der Waals surface area contributed by atoms with Crippen LogP contribution in [0.3, 0.4) is 0 Å². The van der Waals surface area contributed by atoms with E-state index in [1.54, 1.807) is 18.2 Å². The van der Waals surface area contributed by atoms with Gasteiger partial charge in [0.1, 0.15) is 0 Å². The summed E-state index contributed by atoms with van der Waals surface area (Å²) in [6.45, 7) is 0.922. The van der Waals surface area contributed by atoms with Gasteiger partial charge in [0.2, 0.25) is 10.0 Å². The quantitative estimate of drug-likeness (QED) is 0.927. The van der Waals surface area contributed by atoms with E-state index < -0.39 is 15.3 Å². The Morgan fingerprint density at radius 3 is 2.67 bits per heavy atom. The Hall–Kier alpha value is -0.330. The van der Waals surface area contributed by atoms with Crippen molar-refractivity contribution in [1.29, 1.82) is 0 Å². The van der Waals surface area contributed by atoms with Gasteiger partial charge in [-0.2, -0.15) is 4.31 Å². The maximum absolute atomic E-state index is 12.1. The SMILES string of the molecule is NC[C@@H]1CCN(Cc2ccc(Cl)cc2Cl)S1(=O)=O. The van der Waals surface area contributed by atoms with Crippen molar-refractivity contribution in [2.24, 2.45) is 5.73 Å². The predicted molar refractivity (Wildman–Crippen MR) is 73.3 cm³/mol. The maximum atomic E-state index is 12.1. The highest BCUT2D eigenvalue weighted by atomic mass is 35.5. The lowest BCUT2D eigenvalue weighted by molar-refractivity contribution is 0.440. The van der Waals surface area contributed by atoms with Gasteiger partial charge in [-0.15, -0.1) is 0 Å². The van der Waals surface area contributed by atoms with Gasteiger partial charge in [0.05, 0.1) is 5.25 Å². The second kappa shape index (κ2) is 5.35. The number of rotatable bonds is 3. The van der Waals surface area contributed by atoms with Gasteiger partial charge in [-0.25, -0.2) is 8.42 Å². The van der Waals surface area contributed by atoms with E-state index in [0.29, 0.717) is 23.0 Å². The minimum absolute atomic E-state index is 0.160. The summed E-state index contributed by atoms with van der Waals surface area (Å²) in [4.78, 5) is 0. The molecular formula is C11H14Cl2N2O2S. The van der Waals surface area contributed by atoms with Crippen LogP contribution in [0.5, 0.6) is 0 Å². The van der Waals surface area contributed by atoms with Crippen molar-refractivity contribution in [2.45, 2.75) is 18.2 Å². The molecule has 2 N–H and O–H groups in total. The van der Waals surface area contributed by atoms with E-state index in [9.17, 15) is 8.42 Å². The van der Waals surface area contributed by atoms with Crippen LogP contribution in [0.25, 0.3) is 0 Å². The van der Waals surface area contributed by atoms with E-state index in [1.807, 2.05) is 0 Å². The number of hydrogen-bond acceptors (Lipinski definition) is 3. The highest BCUT2D eigenvalue weighted by Gasteiger charge is 2.37. The average Bonchev–Trinajstić information content (AvgIpc) is 2.57. The number of hydrogen-bond donors (Lipinski definition) is 1. The molecule has 1 aromatic carbocycles. The first-order valence-corrected chi connectivity index (χ1v) is 7.84. The fraction of sp³-hybridized carbons (Fsp3) is 0.455. The van der Waals surface area contributed by atoms with Crippen molar-refractivity contribution in [3.05, 3.63) is 33.8 Å². The molecular weight excluding hydrogens is 295 g/mol. The molecule has 2 rings (SSSR count). The first-order chi connectivity index (χ1) is 8.45. The largest absolute Gasteiger partial charge is 0.329 e. The zero-order chi connectivity index (χ0) is 13.3. The predicted octanol–water partition coefficient (Wildman–Crippen LogP) is 1.86. The average molecular weight is 309 g/mol. The van der Waals surface area contributed by atoms with E-state index in [0.717, 1.165) is 5.56 Å². The lowest BCUT2D eigenvalue weighted by Gasteiger charge is -2.17. The summed E-state index contributed by atoms with van der Waals surface area (Å²) < 4.78 is 25.6. The molecule has 100 valence electrons. The Bertz CT molecular complexity index is 548. The van der Waals surface area contributed by atoms with Gasteiger partial charge in [-0.3, -0.25) is 0 Å². The zero-order valence-corrected chi connectivity index (χ0v) is 12.0. The lowest BCUT2D eigenvalue weighted by Crippen LogP contribution is -2.32. The van der Waals surface area contributed by atoms with Gasteiger partial charge in [-0.05, 0) is 24.1 Å². The molecule has 0 aromatic heterocycles. The molecule has 0 amide bonds. The molecule has 0 spiro atoms. The molecule has 18 heavy (non-hydrogen) atoms. The van der Waals surface area contributed by atoms with Crippen LogP contribution in [-0.2, 0) is 16.6 Å². The summed E-state index contributed by atoms with van der Waals surface area (Å²) in [5.74, 6) is 0. The second-order valence-electron chi connectivity index (χ2n) is 4.26. The molecule has 1 fully saturated rings. The molecule has 0 bridgehead atoms. The summed E-state index contributed by atoms with van der Waals surface area (Å²) in [7, 11) is -3.29. The molecule has 4 nitrogen and oxygen atoms in total. The van der Waals surface area contributed by atoms with Crippen LogP contribution < -0.4 is 5.73 Å². The van der Waals surface area contributed by atoms with Crippen LogP contribution in [0, 0.1) is 0 Å². The third-order valence-corrected chi connectivity index (χ3v) is 6.00. The van der Waals surface area contributed by atoms with Crippen molar-refractivity contribution < 1.29 is 8.42 Å². The molecule has 1 aromatic rings. The third-order valence-electron chi connectivity index (χ3n) is 3.11. The minimum Gasteiger partial charge on any atom is -0.329 e. The van der Waals surface area contributed by atoms with Gasteiger partial charge in [-0.1, -0.05) is 29.3 Å². The topological polar surface area (TPSA) is 63.4 Å². The van der Waals surface area contributed by atoms with Gasteiger partial charge in [0, 0.05) is 29.7 Å². The smallest absolute Gasteiger partial charge is 0.218 e. The minimum atomic E-state index is -3.29. The fourth-order valence-corrected chi connectivity index (χ4v) is 4.24. The molecule has 0 aliphatic carbocycles. The molecule has 1 saturated heterocycles. The normalized spacial score (nSPS) is 23.4. The first kappa shape index (κ1) is 14.1. The van der Waals surface area contributed by atoms with Crippen molar-refractivity contribution in [2.75, 3.05) is 13.1 Å². The second-order valence-corrected chi connectivity index (χ2v) is 7.32. The van der Waals surface area contributed by atoms with Crippen molar-refractivity contribution in [3.8, 4) is 0 Å². The Kier molecular flexibility index (Phi) is 4.18. The lowest BCUT2D eigenvalue weighted by atomic mass is 10.2. The molecule has 1 heterocycles. The third kappa shape index (κ3) is 2.65. The van der Waals surface area contributed by atoms with Crippen LogP contribution >= 0.6 is 23.2 Å². The highest BCUT2D eigenvalue weighted by Crippen LogP contribution is 2.27. The van der Waals surface area contributed by atoms with E-state index >= 15 is 0 Å². The van der Waals surface area contributed by atoms with E-state index in [4.69, 9.17) is 28.9 Å². The summed E-state index contributed by atoms with van der Waals surface area (Å²) in [6, 6.07) is 5.06. The summed E-state index contributed by atoms with van der Waals surface area (Å²) >= 11 is 11.8. The molecule has 1 atom stereocenters. The van der Waals surface area contributed by atoms with Gasteiger partial charge < -0.3 is 5.73 Å². The summed E-state index contributed by atoms with van der Waals surface area (Å²) in [5.41, 5.74) is 6.22. The van der Waals surface area contributed by atoms with Gasteiger partial charge in [0.15, 0.2) is 0 Å². The molecule has 0 saturated carbocycles. The van der Waals surface area contributed by atoms with Crippen LogP contribution in [0.2, 0.25) is 10.0 Å². The number of nitrogens with zero attached hydrogens (tertiary/aromatic N) is 1. The Labute approximate surface area is 117 Å². The van der Waals surface area contributed by atoms with E-state index in [-0.39, 0.29) is 13.1 Å². The Morgan fingerprint density at radius 2 is 2.11 bits per heavy atom. The Balaban J connectivity index is 2.20. The molecule has 0 radical (unpaired) electrons. The number of halogens is 2. The van der Waals surface area contributed by atoms with Crippen molar-refractivity contribution >= 4 is 33.2 Å².